The zero-order valence-corrected chi connectivity index (χ0v) is 15.7. The van der Waals surface area contributed by atoms with Gasteiger partial charge in [0.2, 0.25) is 0 Å². The number of nitrogens with zero attached hydrogens (tertiary/aromatic N) is 2. The Morgan fingerprint density at radius 1 is 0.923 bits per heavy atom. The molecule has 26 heavy (non-hydrogen) atoms. The molecule has 5 heteroatoms. The first-order valence-electron chi connectivity index (χ1n) is 8.87. The molecule has 0 saturated carbocycles. The summed E-state index contributed by atoms with van der Waals surface area (Å²) in [6.07, 6.45) is 0. The van der Waals surface area contributed by atoms with E-state index in [9.17, 15) is 9.59 Å². The molecule has 0 atom stereocenters. The number of hydrogen-bond donors (Lipinski definition) is 1. The van der Waals surface area contributed by atoms with Gasteiger partial charge in [-0.05, 0) is 50.8 Å². The van der Waals surface area contributed by atoms with E-state index >= 15 is 0 Å². The second-order valence-electron chi connectivity index (χ2n) is 6.44. The molecule has 0 aliphatic rings. The van der Waals surface area contributed by atoms with Crippen LogP contribution in [0.2, 0.25) is 0 Å². The number of nitrogens with one attached hydrogen (secondary N) is 1. The molecule has 0 bridgehead atoms. The molecule has 0 aliphatic heterocycles. The largest absolute Gasteiger partial charge is 0.351 e. The number of benzene rings is 2. The normalized spacial score (nSPS) is 10.6. The average Bonchev–Trinajstić information content (AvgIpc) is 2.66. The van der Waals surface area contributed by atoms with E-state index in [1.807, 2.05) is 56.3 Å². The highest BCUT2D eigenvalue weighted by molar-refractivity contribution is 5.97. The van der Waals surface area contributed by atoms with Crippen LogP contribution in [0, 0.1) is 0 Å². The second kappa shape index (κ2) is 9.73. The van der Waals surface area contributed by atoms with E-state index in [0.29, 0.717) is 30.8 Å². The van der Waals surface area contributed by atoms with E-state index in [1.165, 1.54) is 0 Å². The molecular weight excluding hydrogens is 326 g/mol. The number of hydrogen-bond acceptors (Lipinski definition) is 3. The molecule has 0 fully saturated rings. The van der Waals surface area contributed by atoms with Gasteiger partial charge in [-0.15, -0.1) is 0 Å². The molecule has 0 aliphatic carbocycles. The van der Waals surface area contributed by atoms with Gasteiger partial charge >= 0.3 is 0 Å². The Morgan fingerprint density at radius 3 is 2.12 bits per heavy atom. The fourth-order valence-corrected chi connectivity index (χ4v) is 2.57. The molecular formula is C21H27N3O2. The van der Waals surface area contributed by atoms with Gasteiger partial charge in [-0.25, -0.2) is 0 Å². The van der Waals surface area contributed by atoms with E-state index in [2.05, 4.69) is 5.32 Å². The molecule has 0 radical (unpaired) electrons. The van der Waals surface area contributed by atoms with Crippen LogP contribution in [0.25, 0.3) is 0 Å². The van der Waals surface area contributed by atoms with Crippen LogP contribution in [0.15, 0.2) is 54.6 Å². The third-order valence-corrected chi connectivity index (χ3v) is 4.12. The van der Waals surface area contributed by atoms with Crippen molar-refractivity contribution >= 4 is 11.8 Å². The van der Waals surface area contributed by atoms with Crippen LogP contribution in [0.4, 0.5) is 0 Å². The van der Waals surface area contributed by atoms with Crippen LogP contribution in [-0.4, -0.2) is 55.3 Å². The molecule has 2 rings (SSSR count). The van der Waals surface area contributed by atoms with Gasteiger partial charge in [0.15, 0.2) is 0 Å². The summed E-state index contributed by atoms with van der Waals surface area (Å²) in [5, 5.41) is 2.87. The summed E-state index contributed by atoms with van der Waals surface area (Å²) in [6, 6.07) is 16.8. The summed E-state index contributed by atoms with van der Waals surface area (Å²) >= 11 is 0. The van der Waals surface area contributed by atoms with Crippen molar-refractivity contribution in [2.75, 3.05) is 33.7 Å². The zero-order valence-electron chi connectivity index (χ0n) is 15.7. The first-order valence-corrected chi connectivity index (χ1v) is 8.87. The fraction of sp³-hybridized carbons (Fsp3) is 0.333. The smallest absolute Gasteiger partial charge is 0.254 e. The predicted molar refractivity (Wildman–Crippen MR) is 104 cm³/mol. The maximum Gasteiger partial charge on any atom is 0.254 e. The summed E-state index contributed by atoms with van der Waals surface area (Å²) in [5.74, 6) is -0.154. The third kappa shape index (κ3) is 5.70. The summed E-state index contributed by atoms with van der Waals surface area (Å²) < 4.78 is 0. The summed E-state index contributed by atoms with van der Waals surface area (Å²) in [5.41, 5.74) is 2.25. The lowest BCUT2D eigenvalue weighted by Gasteiger charge is -2.21. The molecule has 138 valence electrons. The first kappa shape index (κ1) is 19.7. The first-order chi connectivity index (χ1) is 12.5. The molecule has 2 amide bonds. The fourth-order valence-electron chi connectivity index (χ4n) is 2.57. The maximum absolute atomic E-state index is 12.7. The maximum atomic E-state index is 12.7. The lowest BCUT2D eigenvalue weighted by atomic mass is 10.1. The van der Waals surface area contributed by atoms with Gasteiger partial charge in [0.05, 0.1) is 0 Å². The van der Waals surface area contributed by atoms with Crippen LogP contribution in [0.1, 0.15) is 33.2 Å². The van der Waals surface area contributed by atoms with Crippen molar-refractivity contribution in [1.82, 2.24) is 15.1 Å². The van der Waals surface area contributed by atoms with E-state index in [-0.39, 0.29) is 11.8 Å². The van der Waals surface area contributed by atoms with Gasteiger partial charge in [0.25, 0.3) is 11.8 Å². The minimum Gasteiger partial charge on any atom is -0.351 e. The lowest BCUT2D eigenvalue weighted by molar-refractivity contribution is 0.0752. The van der Waals surface area contributed by atoms with E-state index in [0.717, 1.165) is 12.1 Å². The number of likely N-dealkylation sites (N-methyl/N-ethyl adjacent to an activating group) is 1. The van der Waals surface area contributed by atoms with Crippen LogP contribution < -0.4 is 5.32 Å². The highest BCUT2D eigenvalue weighted by Gasteiger charge is 2.15. The highest BCUT2D eigenvalue weighted by Crippen LogP contribution is 2.11. The quantitative estimate of drug-likeness (QED) is 0.794. The molecule has 0 aromatic heterocycles. The summed E-state index contributed by atoms with van der Waals surface area (Å²) in [7, 11) is 3.92. The predicted octanol–water partition coefficient (Wildman–Crippen LogP) is 2.64. The van der Waals surface area contributed by atoms with Gasteiger partial charge in [0, 0.05) is 37.3 Å². The molecule has 1 N–H and O–H groups in total. The van der Waals surface area contributed by atoms with Crippen molar-refractivity contribution in [3.8, 4) is 0 Å². The Balaban J connectivity index is 1.99. The van der Waals surface area contributed by atoms with Crippen molar-refractivity contribution in [2.45, 2.75) is 13.5 Å². The van der Waals surface area contributed by atoms with E-state index < -0.39 is 0 Å². The number of amides is 2. The molecule has 0 heterocycles. The molecule has 0 unspecified atom stereocenters. The number of carbonyl (C=O) groups excluding carboxylic acids is 2. The van der Waals surface area contributed by atoms with Gasteiger partial charge in [0.1, 0.15) is 0 Å². The van der Waals surface area contributed by atoms with Crippen molar-refractivity contribution < 1.29 is 9.59 Å². The Labute approximate surface area is 155 Å². The van der Waals surface area contributed by atoms with Crippen LogP contribution in [0.5, 0.6) is 0 Å². The Hall–Kier alpha value is -2.66. The van der Waals surface area contributed by atoms with Gasteiger partial charge in [-0.1, -0.05) is 30.3 Å². The molecule has 0 spiro atoms. The lowest BCUT2D eigenvalue weighted by Crippen LogP contribution is -2.31. The minimum absolute atomic E-state index is 0.0316. The van der Waals surface area contributed by atoms with Crippen molar-refractivity contribution in [3.63, 3.8) is 0 Å². The van der Waals surface area contributed by atoms with Crippen LogP contribution in [-0.2, 0) is 6.54 Å². The van der Waals surface area contributed by atoms with Crippen LogP contribution >= 0.6 is 0 Å². The molecule has 0 saturated heterocycles. The Bertz CT molecular complexity index is 712. The second-order valence-corrected chi connectivity index (χ2v) is 6.44. The van der Waals surface area contributed by atoms with Crippen molar-refractivity contribution in [2.24, 2.45) is 0 Å². The van der Waals surface area contributed by atoms with E-state index in [4.69, 9.17) is 0 Å². The standard InChI is InChI=1S/C21H27N3O2/c1-4-24(16-17-8-6-5-7-9-17)21(26)19-12-10-18(11-13-19)20(25)22-14-15-23(2)3/h5-13H,4,14-16H2,1-3H3,(H,22,25). The minimum atomic E-state index is -0.123. The van der Waals surface area contributed by atoms with Crippen LogP contribution in [0.3, 0.4) is 0 Å². The van der Waals surface area contributed by atoms with Crippen molar-refractivity contribution in [1.29, 1.82) is 0 Å². The summed E-state index contributed by atoms with van der Waals surface area (Å²) in [6.45, 7) is 4.54. The Morgan fingerprint density at radius 2 is 1.54 bits per heavy atom. The SMILES string of the molecule is CCN(Cc1ccccc1)C(=O)c1ccc(C(=O)NCCN(C)C)cc1. The molecule has 2 aromatic carbocycles. The average molecular weight is 353 g/mol. The van der Waals surface area contributed by atoms with Gasteiger partial charge in [-0.2, -0.15) is 0 Å². The molecule has 2 aromatic rings. The topological polar surface area (TPSA) is 52.7 Å². The number of rotatable bonds is 8. The number of carbonyl (C=O) groups is 2. The highest BCUT2D eigenvalue weighted by atomic mass is 16.2. The van der Waals surface area contributed by atoms with E-state index in [1.54, 1.807) is 29.2 Å². The van der Waals surface area contributed by atoms with Gasteiger partial charge in [-0.3, -0.25) is 9.59 Å². The van der Waals surface area contributed by atoms with Gasteiger partial charge < -0.3 is 15.1 Å². The third-order valence-electron chi connectivity index (χ3n) is 4.12. The Kier molecular flexibility index (Phi) is 7.36. The van der Waals surface area contributed by atoms with Crippen molar-refractivity contribution in [3.05, 3.63) is 71.3 Å². The zero-order chi connectivity index (χ0) is 18.9. The molecule has 5 nitrogen and oxygen atoms in total. The monoisotopic (exact) mass is 353 g/mol. The summed E-state index contributed by atoms with van der Waals surface area (Å²) in [4.78, 5) is 28.6.